The fraction of sp³-hybridized carbons (Fsp3) is 0.278. The molecule has 142 valence electrons. The van der Waals surface area contributed by atoms with Crippen molar-refractivity contribution in [1.29, 1.82) is 0 Å². The average molecular weight is 471 g/mol. The smallest absolute Gasteiger partial charge is 0.250 e. The Balaban J connectivity index is 1.73. The molecule has 3 aromatic rings. The van der Waals surface area contributed by atoms with Gasteiger partial charge < -0.3 is 5.32 Å². The minimum Gasteiger partial charge on any atom is -0.306 e. The summed E-state index contributed by atoms with van der Waals surface area (Å²) in [5.74, 6) is 0.0785. The maximum Gasteiger partial charge on any atom is 0.250 e. The second-order valence-electron chi connectivity index (χ2n) is 6.24. The molecule has 0 fully saturated rings. The minimum atomic E-state index is -0.507. The van der Waals surface area contributed by atoms with Crippen LogP contribution in [0, 0.1) is 13.8 Å². The highest BCUT2D eigenvalue weighted by atomic mass is 79.9. The Hall–Kier alpha value is -1.83. The highest BCUT2D eigenvalue weighted by Crippen LogP contribution is 2.25. The monoisotopic (exact) mass is 469 g/mol. The van der Waals surface area contributed by atoms with Crippen molar-refractivity contribution in [3.05, 3.63) is 61.9 Å². The van der Waals surface area contributed by atoms with Crippen LogP contribution in [-0.2, 0) is 11.3 Å². The molecule has 1 atom stereocenters. The summed E-state index contributed by atoms with van der Waals surface area (Å²) in [4.78, 5) is 12.6. The van der Waals surface area contributed by atoms with Crippen LogP contribution in [0.25, 0.3) is 0 Å². The normalized spacial score (nSPS) is 12.2. The molecule has 1 N–H and O–H groups in total. The molecule has 9 heteroatoms. The number of carbonyl (C=O) groups excluding carboxylic acids is 1. The molecule has 0 saturated carbocycles. The molecule has 6 nitrogen and oxygen atoms in total. The molecule has 0 bridgehead atoms. The topological polar surface area (TPSA) is 64.7 Å². The van der Waals surface area contributed by atoms with E-state index in [2.05, 4.69) is 31.4 Å². The van der Waals surface area contributed by atoms with Gasteiger partial charge in [-0.1, -0.05) is 35.3 Å². The number of hydrogen-bond donors (Lipinski definition) is 1. The number of amides is 1. The molecule has 1 aromatic carbocycles. The van der Waals surface area contributed by atoms with Gasteiger partial charge in [-0.2, -0.15) is 10.2 Å². The van der Waals surface area contributed by atoms with Crippen molar-refractivity contribution >= 4 is 50.9 Å². The lowest BCUT2D eigenvalue weighted by Crippen LogP contribution is -2.25. The van der Waals surface area contributed by atoms with Gasteiger partial charge in [0.05, 0.1) is 22.4 Å². The molecule has 2 heterocycles. The van der Waals surface area contributed by atoms with Crippen LogP contribution >= 0.6 is 39.1 Å². The van der Waals surface area contributed by atoms with E-state index < -0.39 is 6.04 Å². The van der Waals surface area contributed by atoms with E-state index in [1.54, 1.807) is 22.5 Å². The molecule has 3 rings (SSSR count). The summed E-state index contributed by atoms with van der Waals surface area (Å²) < 4.78 is 4.24. The van der Waals surface area contributed by atoms with Crippen LogP contribution in [0.3, 0.4) is 0 Å². The number of nitrogens with zero attached hydrogens (tertiary/aromatic N) is 4. The number of aromatic nitrogens is 4. The summed E-state index contributed by atoms with van der Waals surface area (Å²) >= 11 is 15.6. The molecular weight excluding hydrogens is 453 g/mol. The first-order valence-corrected chi connectivity index (χ1v) is 9.80. The Labute approximate surface area is 175 Å². The Morgan fingerprint density at radius 2 is 1.89 bits per heavy atom. The van der Waals surface area contributed by atoms with Crippen molar-refractivity contribution in [2.75, 3.05) is 5.32 Å². The standard InChI is InChI=1S/C18H18BrCl2N5O/c1-10-16(19)11(2)26(23-10)12(3)18(27)22-17-15(21)9-25(24-17)8-13-4-6-14(20)7-5-13/h4-7,9,12H,8H2,1-3H3,(H,22,24,27). The van der Waals surface area contributed by atoms with Crippen LogP contribution in [-0.4, -0.2) is 25.5 Å². The van der Waals surface area contributed by atoms with Gasteiger partial charge in [0.2, 0.25) is 5.91 Å². The number of benzene rings is 1. The third-order valence-electron chi connectivity index (χ3n) is 4.20. The van der Waals surface area contributed by atoms with E-state index in [4.69, 9.17) is 23.2 Å². The predicted octanol–water partition coefficient (Wildman–Crippen LogP) is 5.01. The fourth-order valence-corrected chi connectivity index (χ4v) is 3.28. The summed E-state index contributed by atoms with van der Waals surface area (Å²) in [7, 11) is 0. The third-order valence-corrected chi connectivity index (χ3v) is 5.88. The molecule has 1 unspecified atom stereocenters. The number of halogens is 3. The second-order valence-corrected chi connectivity index (χ2v) is 7.88. The zero-order chi connectivity index (χ0) is 19.7. The van der Waals surface area contributed by atoms with E-state index in [-0.39, 0.29) is 5.91 Å². The molecule has 2 aromatic heterocycles. The number of anilines is 1. The van der Waals surface area contributed by atoms with Crippen molar-refractivity contribution in [2.24, 2.45) is 0 Å². The zero-order valence-electron chi connectivity index (χ0n) is 15.0. The van der Waals surface area contributed by atoms with Gasteiger partial charge >= 0.3 is 0 Å². The molecule has 0 aliphatic carbocycles. The van der Waals surface area contributed by atoms with Gasteiger partial charge in [-0.05, 0) is 54.4 Å². The fourth-order valence-electron chi connectivity index (χ4n) is 2.69. The summed E-state index contributed by atoms with van der Waals surface area (Å²) in [6.45, 7) is 6.09. The first-order valence-electron chi connectivity index (χ1n) is 8.25. The number of rotatable bonds is 5. The zero-order valence-corrected chi connectivity index (χ0v) is 18.1. The Morgan fingerprint density at radius 3 is 2.48 bits per heavy atom. The van der Waals surface area contributed by atoms with Crippen LogP contribution in [0.15, 0.2) is 34.9 Å². The number of hydrogen-bond acceptors (Lipinski definition) is 3. The summed E-state index contributed by atoms with van der Waals surface area (Å²) in [5, 5.41) is 12.6. The van der Waals surface area contributed by atoms with E-state index in [9.17, 15) is 4.79 Å². The summed E-state index contributed by atoms with van der Waals surface area (Å²) in [6, 6.07) is 6.96. The van der Waals surface area contributed by atoms with E-state index in [1.165, 1.54) is 0 Å². The summed E-state index contributed by atoms with van der Waals surface area (Å²) in [5.41, 5.74) is 2.74. The molecular formula is C18H18BrCl2N5O. The van der Waals surface area contributed by atoms with Crippen LogP contribution in [0.1, 0.15) is 29.9 Å². The Kier molecular flexibility index (Phi) is 5.93. The predicted molar refractivity (Wildman–Crippen MR) is 111 cm³/mol. The minimum absolute atomic E-state index is 0.244. The van der Waals surface area contributed by atoms with E-state index in [0.29, 0.717) is 22.4 Å². The Morgan fingerprint density at radius 1 is 1.22 bits per heavy atom. The molecule has 0 radical (unpaired) electrons. The first-order chi connectivity index (χ1) is 12.8. The average Bonchev–Trinajstić information content (AvgIpc) is 3.10. The number of carbonyl (C=O) groups is 1. The van der Waals surface area contributed by atoms with Gasteiger partial charge in [-0.25, -0.2) is 0 Å². The first kappa shape index (κ1) is 19.9. The quantitative estimate of drug-likeness (QED) is 0.569. The van der Waals surface area contributed by atoms with E-state index in [0.717, 1.165) is 21.4 Å². The van der Waals surface area contributed by atoms with Crippen molar-refractivity contribution in [3.63, 3.8) is 0 Å². The molecule has 27 heavy (non-hydrogen) atoms. The highest BCUT2D eigenvalue weighted by Gasteiger charge is 2.22. The lowest BCUT2D eigenvalue weighted by Gasteiger charge is -2.13. The van der Waals surface area contributed by atoms with Gasteiger partial charge in [-0.15, -0.1) is 0 Å². The van der Waals surface area contributed by atoms with Gasteiger partial charge in [-0.3, -0.25) is 14.2 Å². The van der Waals surface area contributed by atoms with Crippen molar-refractivity contribution < 1.29 is 4.79 Å². The lowest BCUT2D eigenvalue weighted by atomic mass is 10.2. The molecule has 0 aliphatic heterocycles. The lowest BCUT2D eigenvalue weighted by molar-refractivity contribution is -0.119. The third kappa shape index (κ3) is 4.36. The highest BCUT2D eigenvalue weighted by molar-refractivity contribution is 9.10. The largest absolute Gasteiger partial charge is 0.306 e. The van der Waals surface area contributed by atoms with E-state index >= 15 is 0 Å². The SMILES string of the molecule is Cc1nn(C(C)C(=O)Nc2nn(Cc3ccc(Cl)cc3)cc2Cl)c(C)c1Br. The maximum atomic E-state index is 12.6. The molecule has 0 aliphatic rings. The summed E-state index contributed by atoms with van der Waals surface area (Å²) in [6.07, 6.45) is 1.68. The van der Waals surface area contributed by atoms with Crippen LogP contribution in [0.5, 0.6) is 0 Å². The molecule has 0 spiro atoms. The van der Waals surface area contributed by atoms with Crippen LogP contribution in [0.2, 0.25) is 10.0 Å². The van der Waals surface area contributed by atoms with Crippen LogP contribution < -0.4 is 5.32 Å². The van der Waals surface area contributed by atoms with Gasteiger partial charge in [0.25, 0.3) is 0 Å². The van der Waals surface area contributed by atoms with Gasteiger partial charge in [0.1, 0.15) is 11.1 Å². The van der Waals surface area contributed by atoms with Crippen molar-refractivity contribution in [3.8, 4) is 0 Å². The van der Waals surface area contributed by atoms with Gasteiger partial charge in [0.15, 0.2) is 5.82 Å². The molecule has 1 amide bonds. The molecule has 0 saturated heterocycles. The number of aryl methyl sites for hydroxylation is 1. The van der Waals surface area contributed by atoms with Gasteiger partial charge in [0, 0.05) is 11.2 Å². The van der Waals surface area contributed by atoms with Crippen molar-refractivity contribution in [2.45, 2.75) is 33.4 Å². The van der Waals surface area contributed by atoms with Crippen LogP contribution in [0.4, 0.5) is 5.82 Å². The maximum absolute atomic E-state index is 12.6. The Bertz CT molecular complexity index is 981. The van der Waals surface area contributed by atoms with E-state index in [1.807, 2.05) is 38.1 Å². The second kappa shape index (κ2) is 8.04. The number of nitrogens with one attached hydrogen (secondary N) is 1. The van der Waals surface area contributed by atoms with Crippen molar-refractivity contribution in [1.82, 2.24) is 19.6 Å².